The molecule has 0 aliphatic rings. The SMILES string of the molecule is CCNC(c1ccc(Br)c(C(F)(F)F)c1)c1sccc1Br. The first-order valence-corrected chi connectivity index (χ1v) is 8.64. The Balaban J connectivity index is 2.49. The second kappa shape index (κ2) is 6.81. The van der Waals surface area contributed by atoms with Crippen LogP contribution in [0.3, 0.4) is 0 Å². The normalized spacial score (nSPS) is 13.4. The topological polar surface area (TPSA) is 12.0 Å². The maximum absolute atomic E-state index is 13.0. The first kappa shape index (κ1) is 17.0. The molecule has 1 N–H and O–H groups in total. The molecule has 0 saturated carbocycles. The zero-order chi connectivity index (χ0) is 15.6. The molecule has 1 nitrogen and oxygen atoms in total. The van der Waals surface area contributed by atoms with Crippen LogP contribution >= 0.6 is 43.2 Å². The Bertz CT molecular complexity index is 625. The predicted octanol–water partition coefficient (Wildman–Crippen LogP) is 5.99. The summed E-state index contributed by atoms with van der Waals surface area (Å²) in [4.78, 5) is 0.965. The summed E-state index contributed by atoms with van der Waals surface area (Å²) in [5.41, 5.74) is -0.0638. The largest absolute Gasteiger partial charge is 0.417 e. The van der Waals surface area contributed by atoms with Gasteiger partial charge in [-0.2, -0.15) is 13.2 Å². The van der Waals surface area contributed by atoms with Crippen molar-refractivity contribution in [3.05, 3.63) is 54.6 Å². The standard InChI is InChI=1S/C14H12Br2F3NS/c1-2-20-12(13-11(16)5-6-21-13)8-3-4-10(15)9(7-8)14(17,18)19/h3-7,12,20H,2H2,1H3. The van der Waals surface area contributed by atoms with Gasteiger partial charge in [-0.05, 0) is 51.6 Å². The van der Waals surface area contributed by atoms with Crippen LogP contribution in [0.4, 0.5) is 13.2 Å². The van der Waals surface area contributed by atoms with Gasteiger partial charge in [-0.1, -0.05) is 28.9 Å². The number of halogens is 5. The maximum atomic E-state index is 13.0. The van der Waals surface area contributed by atoms with Gasteiger partial charge >= 0.3 is 6.18 Å². The van der Waals surface area contributed by atoms with Crippen molar-refractivity contribution in [2.24, 2.45) is 0 Å². The number of thiophene rings is 1. The summed E-state index contributed by atoms with van der Waals surface area (Å²) in [6.07, 6.45) is -4.38. The quantitative estimate of drug-likeness (QED) is 0.613. The highest BCUT2D eigenvalue weighted by Crippen LogP contribution is 2.39. The summed E-state index contributed by atoms with van der Waals surface area (Å²) >= 11 is 7.92. The molecule has 2 rings (SSSR count). The second-order valence-corrected chi connectivity index (χ2v) is 7.02. The summed E-state index contributed by atoms with van der Waals surface area (Å²) < 4.78 is 40.1. The molecule has 1 atom stereocenters. The first-order valence-electron chi connectivity index (χ1n) is 6.17. The van der Waals surface area contributed by atoms with Crippen molar-refractivity contribution in [3.8, 4) is 0 Å². The Morgan fingerprint density at radius 3 is 2.43 bits per heavy atom. The molecule has 0 amide bonds. The van der Waals surface area contributed by atoms with Crippen LogP contribution in [0.1, 0.15) is 29.0 Å². The average molecular weight is 443 g/mol. The molecule has 0 saturated heterocycles. The molecule has 114 valence electrons. The van der Waals surface area contributed by atoms with Crippen molar-refractivity contribution in [3.63, 3.8) is 0 Å². The van der Waals surface area contributed by atoms with E-state index in [0.29, 0.717) is 12.1 Å². The molecule has 1 heterocycles. The van der Waals surface area contributed by atoms with Gasteiger partial charge in [-0.15, -0.1) is 11.3 Å². The molecule has 1 aromatic carbocycles. The summed E-state index contributed by atoms with van der Waals surface area (Å²) in [7, 11) is 0. The summed E-state index contributed by atoms with van der Waals surface area (Å²) in [6, 6.07) is 5.99. The van der Waals surface area contributed by atoms with Gasteiger partial charge in [0.05, 0.1) is 11.6 Å². The average Bonchev–Trinajstić information content (AvgIpc) is 2.82. The Morgan fingerprint density at radius 2 is 1.90 bits per heavy atom. The molecule has 0 aliphatic carbocycles. The van der Waals surface area contributed by atoms with Crippen molar-refractivity contribution in [1.29, 1.82) is 0 Å². The lowest BCUT2D eigenvalue weighted by atomic mass is 10.0. The van der Waals surface area contributed by atoms with Crippen molar-refractivity contribution in [1.82, 2.24) is 5.32 Å². The van der Waals surface area contributed by atoms with E-state index in [0.717, 1.165) is 9.35 Å². The van der Waals surface area contributed by atoms with E-state index in [4.69, 9.17) is 0 Å². The van der Waals surface area contributed by atoms with Gasteiger partial charge in [-0.25, -0.2) is 0 Å². The fourth-order valence-corrected chi connectivity index (χ4v) is 4.19. The number of hydrogen-bond acceptors (Lipinski definition) is 2. The molecule has 0 radical (unpaired) electrons. The summed E-state index contributed by atoms with van der Waals surface area (Å²) in [5.74, 6) is 0. The van der Waals surface area contributed by atoms with Gasteiger partial charge in [0.2, 0.25) is 0 Å². The predicted molar refractivity (Wildman–Crippen MR) is 86.7 cm³/mol. The van der Waals surface area contributed by atoms with Crippen molar-refractivity contribution >= 4 is 43.2 Å². The Kier molecular flexibility index (Phi) is 5.51. The van der Waals surface area contributed by atoms with Gasteiger partial charge < -0.3 is 5.32 Å². The van der Waals surface area contributed by atoms with Gasteiger partial charge in [-0.3, -0.25) is 0 Å². The third-order valence-electron chi connectivity index (χ3n) is 2.94. The van der Waals surface area contributed by atoms with E-state index in [-0.39, 0.29) is 10.5 Å². The highest BCUT2D eigenvalue weighted by Gasteiger charge is 2.34. The van der Waals surface area contributed by atoms with Crippen LogP contribution < -0.4 is 5.32 Å². The fourth-order valence-electron chi connectivity index (χ4n) is 2.02. The molecular formula is C14H12Br2F3NS. The van der Waals surface area contributed by atoms with E-state index in [1.54, 1.807) is 6.07 Å². The van der Waals surface area contributed by atoms with Crippen LogP contribution in [0.5, 0.6) is 0 Å². The summed E-state index contributed by atoms with van der Waals surface area (Å²) in [5, 5.41) is 5.15. The minimum atomic E-state index is -4.38. The Labute approximate surface area is 141 Å². The van der Waals surface area contributed by atoms with E-state index in [2.05, 4.69) is 37.2 Å². The molecule has 21 heavy (non-hydrogen) atoms. The van der Waals surface area contributed by atoms with Crippen LogP contribution in [0.15, 0.2) is 38.6 Å². The van der Waals surface area contributed by atoms with Crippen LogP contribution in [-0.2, 0) is 6.18 Å². The highest BCUT2D eigenvalue weighted by molar-refractivity contribution is 9.10. The molecular weight excluding hydrogens is 431 g/mol. The molecule has 2 aromatic rings. The van der Waals surface area contributed by atoms with Crippen LogP contribution in [0.25, 0.3) is 0 Å². The highest BCUT2D eigenvalue weighted by atomic mass is 79.9. The monoisotopic (exact) mass is 441 g/mol. The molecule has 1 aromatic heterocycles. The number of alkyl halides is 3. The number of nitrogens with one attached hydrogen (secondary N) is 1. The molecule has 0 fully saturated rings. The minimum absolute atomic E-state index is 0.0549. The molecule has 0 bridgehead atoms. The van der Waals surface area contributed by atoms with Crippen molar-refractivity contribution < 1.29 is 13.2 Å². The van der Waals surface area contributed by atoms with E-state index in [1.807, 2.05) is 18.4 Å². The van der Waals surface area contributed by atoms with Crippen LogP contribution in [0.2, 0.25) is 0 Å². The van der Waals surface area contributed by atoms with E-state index < -0.39 is 11.7 Å². The lowest BCUT2D eigenvalue weighted by Gasteiger charge is -2.20. The third kappa shape index (κ3) is 3.88. The zero-order valence-electron chi connectivity index (χ0n) is 11.0. The Morgan fingerprint density at radius 1 is 1.19 bits per heavy atom. The van der Waals surface area contributed by atoms with E-state index in [9.17, 15) is 13.2 Å². The van der Waals surface area contributed by atoms with Gasteiger partial charge in [0.25, 0.3) is 0 Å². The molecule has 0 spiro atoms. The second-order valence-electron chi connectivity index (χ2n) is 4.36. The van der Waals surface area contributed by atoms with Gasteiger partial charge in [0.15, 0.2) is 0 Å². The third-order valence-corrected chi connectivity index (χ3v) is 5.57. The maximum Gasteiger partial charge on any atom is 0.417 e. The minimum Gasteiger partial charge on any atom is -0.306 e. The number of hydrogen-bond donors (Lipinski definition) is 1. The molecule has 7 heteroatoms. The first-order chi connectivity index (χ1) is 9.84. The molecule has 0 aliphatic heterocycles. The smallest absolute Gasteiger partial charge is 0.306 e. The van der Waals surface area contributed by atoms with Gasteiger partial charge in [0.1, 0.15) is 0 Å². The van der Waals surface area contributed by atoms with Gasteiger partial charge in [0, 0.05) is 13.8 Å². The molecule has 1 unspecified atom stereocenters. The Hall–Kier alpha value is -0.370. The van der Waals surface area contributed by atoms with E-state index >= 15 is 0 Å². The van der Waals surface area contributed by atoms with Crippen LogP contribution in [-0.4, -0.2) is 6.54 Å². The van der Waals surface area contributed by atoms with Crippen molar-refractivity contribution in [2.75, 3.05) is 6.54 Å². The lowest BCUT2D eigenvalue weighted by Crippen LogP contribution is -2.22. The number of rotatable bonds is 4. The zero-order valence-corrected chi connectivity index (χ0v) is 15.0. The lowest BCUT2D eigenvalue weighted by molar-refractivity contribution is -0.138. The summed E-state index contributed by atoms with van der Waals surface area (Å²) in [6.45, 7) is 2.59. The van der Waals surface area contributed by atoms with E-state index in [1.165, 1.54) is 23.5 Å². The fraction of sp³-hybridized carbons (Fsp3) is 0.286. The number of benzene rings is 1. The van der Waals surface area contributed by atoms with Crippen LogP contribution in [0, 0.1) is 0 Å². The van der Waals surface area contributed by atoms with Crippen molar-refractivity contribution in [2.45, 2.75) is 19.1 Å².